The van der Waals surface area contributed by atoms with E-state index in [1.807, 2.05) is 11.0 Å². The first-order chi connectivity index (χ1) is 25.6. The van der Waals surface area contributed by atoms with Crippen LogP contribution in [-0.4, -0.2) is 95.3 Å². The third kappa shape index (κ3) is 5.36. The second-order valence-electron chi connectivity index (χ2n) is 16.1. The fourth-order valence-electron chi connectivity index (χ4n) is 9.87. The van der Waals surface area contributed by atoms with Crippen molar-refractivity contribution in [3.63, 3.8) is 0 Å². The van der Waals surface area contributed by atoms with Gasteiger partial charge in [0.15, 0.2) is 5.82 Å². The molecule has 0 bridgehead atoms. The molecule has 6 fully saturated rings. The summed E-state index contributed by atoms with van der Waals surface area (Å²) in [5, 5.41) is 14.1. The second kappa shape index (κ2) is 12.1. The monoisotopic (exact) mass is 762 g/mol. The van der Waals surface area contributed by atoms with Crippen LogP contribution in [0, 0.1) is 34.3 Å². The van der Waals surface area contributed by atoms with Gasteiger partial charge in [-0.15, -0.1) is 11.3 Å². The zero-order chi connectivity index (χ0) is 36.4. The lowest BCUT2D eigenvalue weighted by Gasteiger charge is -2.55. The lowest BCUT2D eigenvalue weighted by atomic mass is 9.73. The number of carbonyl (C=O) groups excluding carboxylic acids is 1. The minimum atomic E-state index is -0.945. The van der Waals surface area contributed by atoms with Crippen molar-refractivity contribution >= 4 is 60.7 Å². The largest absolute Gasteiger partial charge is 0.461 e. The van der Waals surface area contributed by atoms with E-state index in [9.17, 15) is 18.8 Å². The van der Waals surface area contributed by atoms with Crippen LogP contribution in [0.25, 0.3) is 32.1 Å². The number of alkyl halides is 1. The molecule has 53 heavy (non-hydrogen) atoms. The van der Waals surface area contributed by atoms with E-state index in [0.717, 1.165) is 43.6 Å². The number of nitrogens with zero attached hydrogens (tertiary/aromatic N) is 6. The second-order valence-corrected chi connectivity index (χ2v) is 17.6. The molecule has 10 nitrogen and oxygen atoms in total. The number of hydrogen-bond donors (Lipinski definition) is 2. The minimum Gasteiger partial charge on any atom is -0.461 e. The number of nitriles is 1. The number of nitrogens with one attached hydrogen (secondary N) is 1. The Kier molecular flexibility index (Phi) is 7.65. The Morgan fingerprint density at radius 3 is 2.77 bits per heavy atom. The summed E-state index contributed by atoms with van der Waals surface area (Å²) in [4.78, 5) is 29.0. The molecular weight excluding hydrogens is 725 g/mol. The summed E-state index contributed by atoms with van der Waals surface area (Å²) in [7, 11) is 0. The number of carbonyl (C=O) groups is 1. The first-order valence-electron chi connectivity index (χ1n) is 18.5. The Morgan fingerprint density at radius 2 is 1.98 bits per heavy atom. The zero-order valence-corrected chi connectivity index (χ0v) is 30.5. The summed E-state index contributed by atoms with van der Waals surface area (Å²) in [5.41, 5.74) is 5.72. The van der Waals surface area contributed by atoms with Gasteiger partial charge >= 0.3 is 6.01 Å². The van der Waals surface area contributed by atoms with Crippen LogP contribution in [0.3, 0.4) is 0 Å². The lowest BCUT2D eigenvalue weighted by molar-refractivity contribution is -0.143. The van der Waals surface area contributed by atoms with E-state index in [-0.39, 0.29) is 72.3 Å². The highest BCUT2D eigenvalue weighted by Gasteiger charge is 2.56. The fraction of sp³-hybridized carbons (Fsp3) is 0.526. The predicted molar refractivity (Wildman–Crippen MR) is 197 cm³/mol. The van der Waals surface area contributed by atoms with Crippen molar-refractivity contribution in [2.75, 3.05) is 56.5 Å². The Labute approximate surface area is 313 Å². The van der Waals surface area contributed by atoms with Gasteiger partial charge in [0.05, 0.1) is 20.8 Å². The summed E-state index contributed by atoms with van der Waals surface area (Å²) < 4.78 is 53.3. The summed E-state index contributed by atoms with van der Waals surface area (Å²) in [6.45, 7) is 3.87. The molecule has 1 amide bonds. The molecule has 3 N–H and O–H groups in total. The van der Waals surface area contributed by atoms with Gasteiger partial charge < -0.3 is 20.3 Å². The van der Waals surface area contributed by atoms with E-state index < -0.39 is 23.3 Å². The Morgan fingerprint density at radius 1 is 1.17 bits per heavy atom. The predicted octanol–water partition coefficient (Wildman–Crippen LogP) is 6.03. The van der Waals surface area contributed by atoms with E-state index in [1.165, 1.54) is 25.0 Å². The highest BCUT2D eigenvalue weighted by molar-refractivity contribution is 7.23. The van der Waals surface area contributed by atoms with E-state index >= 15 is 4.39 Å². The number of ether oxygens (including phenoxy) is 1. The number of nitrogens with two attached hydrogens (primary N) is 1. The van der Waals surface area contributed by atoms with Gasteiger partial charge in [0.25, 0.3) is 0 Å². The number of halogens is 4. The number of piperidine rings is 1. The van der Waals surface area contributed by atoms with Crippen molar-refractivity contribution in [3.8, 4) is 23.2 Å². The van der Waals surface area contributed by atoms with E-state index in [0.29, 0.717) is 62.3 Å². The summed E-state index contributed by atoms with van der Waals surface area (Å²) >= 11 is 7.86. The molecule has 2 aromatic heterocycles. The molecule has 5 aliphatic heterocycles. The fourth-order valence-corrected chi connectivity index (χ4v) is 11.1. The highest BCUT2D eigenvalue weighted by atomic mass is 35.5. The van der Waals surface area contributed by atoms with Crippen molar-refractivity contribution in [3.05, 3.63) is 40.4 Å². The molecule has 0 radical (unpaired) electrons. The Bertz CT molecular complexity index is 2260. The maximum Gasteiger partial charge on any atom is 0.319 e. The molecule has 1 spiro atoms. The highest BCUT2D eigenvalue weighted by Crippen LogP contribution is 2.48. The number of amides is 1. The van der Waals surface area contributed by atoms with Gasteiger partial charge in [-0.1, -0.05) is 17.7 Å². The number of benzene rings is 2. The molecule has 6 aliphatic rings. The van der Waals surface area contributed by atoms with Crippen LogP contribution < -0.4 is 20.7 Å². The number of rotatable bonds is 7. The van der Waals surface area contributed by atoms with Gasteiger partial charge in [-0.2, -0.15) is 15.2 Å². The van der Waals surface area contributed by atoms with Crippen LogP contribution >= 0.6 is 22.9 Å². The van der Waals surface area contributed by atoms with Crippen molar-refractivity contribution in [2.24, 2.45) is 11.3 Å². The van der Waals surface area contributed by atoms with Gasteiger partial charge in [-0.3, -0.25) is 15.0 Å². The maximum atomic E-state index is 17.2. The molecule has 1 aliphatic carbocycles. The third-order valence-electron chi connectivity index (χ3n) is 12.6. The molecule has 1 saturated carbocycles. The Balaban J connectivity index is 1.03. The smallest absolute Gasteiger partial charge is 0.319 e. The number of fused-ring (bicyclic) bond motifs is 3. The topological polar surface area (TPSA) is 134 Å². The van der Waals surface area contributed by atoms with Gasteiger partial charge in [0, 0.05) is 66.9 Å². The SMILES string of the molecule is N#Cc1c(N)sc2c(F)ccc(-c3c(Cl)cc4c(N5CCCC6(CN(C(=O)[C@@H]7N[C@H]7C7CC7)C6)C5)nc(OC[C@@]56CCCN5C[C@H](F)C6)nc4c3F)c12. The zero-order valence-electron chi connectivity index (χ0n) is 28.9. The first kappa shape index (κ1) is 33.7. The van der Waals surface area contributed by atoms with Crippen LogP contribution in [0.1, 0.15) is 50.5 Å². The van der Waals surface area contributed by atoms with Gasteiger partial charge in [0.2, 0.25) is 5.91 Å². The number of nitrogen functional groups attached to an aromatic ring is 1. The third-order valence-corrected chi connectivity index (χ3v) is 13.9. The quantitative estimate of drug-likeness (QED) is 0.217. The molecule has 2 aromatic carbocycles. The van der Waals surface area contributed by atoms with E-state index in [1.54, 1.807) is 6.07 Å². The first-order valence-corrected chi connectivity index (χ1v) is 19.7. The van der Waals surface area contributed by atoms with Crippen LogP contribution in [0.5, 0.6) is 6.01 Å². The summed E-state index contributed by atoms with van der Waals surface area (Å²) in [6, 6.07) is 6.53. The number of thiophene rings is 1. The molecule has 10 rings (SSSR count). The average molecular weight is 763 g/mol. The van der Waals surface area contributed by atoms with Crippen LogP contribution in [-0.2, 0) is 4.79 Å². The molecule has 0 unspecified atom stereocenters. The maximum absolute atomic E-state index is 17.2. The Hall–Kier alpha value is -3.90. The summed E-state index contributed by atoms with van der Waals surface area (Å²) in [6.07, 6.45) is 5.33. The van der Waals surface area contributed by atoms with Gasteiger partial charge in [-0.05, 0) is 68.7 Å². The molecule has 5 saturated heterocycles. The molecule has 15 heteroatoms. The van der Waals surface area contributed by atoms with E-state index in [4.69, 9.17) is 27.1 Å². The van der Waals surface area contributed by atoms with Crippen LogP contribution in [0.2, 0.25) is 5.02 Å². The number of aromatic nitrogens is 2. The molecule has 4 atom stereocenters. The van der Waals surface area contributed by atoms with Crippen molar-refractivity contribution in [2.45, 2.75) is 68.7 Å². The van der Waals surface area contributed by atoms with E-state index in [2.05, 4.69) is 20.1 Å². The van der Waals surface area contributed by atoms with Crippen molar-refractivity contribution in [1.82, 2.24) is 25.1 Å². The molecule has 276 valence electrons. The molecular formula is C38H38ClF3N8O2S. The van der Waals surface area contributed by atoms with Crippen LogP contribution in [0.15, 0.2) is 18.2 Å². The lowest BCUT2D eigenvalue weighted by Crippen LogP contribution is -2.65. The van der Waals surface area contributed by atoms with Crippen molar-refractivity contribution in [1.29, 1.82) is 5.26 Å². The van der Waals surface area contributed by atoms with Crippen molar-refractivity contribution < 1.29 is 22.7 Å². The van der Waals surface area contributed by atoms with Gasteiger partial charge in [-0.25, -0.2) is 13.2 Å². The number of hydrogen-bond acceptors (Lipinski definition) is 10. The molecule has 7 heterocycles. The molecule has 4 aromatic rings. The average Bonchev–Trinajstić information content (AvgIpc) is 4.03. The number of likely N-dealkylation sites (tertiary alicyclic amines) is 1. The number of anilines is 2. The normalized spacial score (nSPS) is 27.7. The minimum absolute atomic E-state index is 0.0269. The van der Waals surface area contributed by atoms with Gasteiger partial charge in [0.1, 0.15) is 47.0 Å². The summed E-state index contributed by atoms with van der Waals surface area (Å²) in [5.74, 6) is -0.0558. The standard InChI is InChI=1S/C38H38ClF3N8O2S/c39-24-11-22-30(28(42)27(24)21-5-6-25(41)32-26(21)23(13-43)33(44)53-32)46-36(52-18-38-8-2-10-50(38)14-20(40)12-38)47-34(22)48-9-1-7-37(15-48)16-49(17-37)35(51)31-29(45-31)19-3-4-19/h5-6,11,19-20,29,31,45H,1-4,7-10,12,14-18,44H2/t20-,29+,31-,38+/m1/s1. The van der Waals surface area contributed by atoms with Crippen LogP contribution in [0.4, 0.5) is 24.0 Å².